The monoisotopic (exact) mass is 859 g/mol. The zero-order valence-electron chi connectivity index (χ0n) is 36.3. The molecule has 0 radical (unpaired) electrons. The van der Waals surface area contributed by atoms with Gasteiger partial charge in [0.25, 0.3) is 0 Å². The number of imidazole rings is 1. The summed E-state index contributed by atoms with van der Waals surface area (Å²) in [4.78, 5) is 54.5. The lowest BCUT2D eigenvalue weighted by atomic mass is 9.89. The molecule has 17 heteroatoms. The quantitative estimate of drug-likeness (QED) is 0.110. The number of nitrogens with one attached hydrogen (secondary N) is 3. The van der Waals surface area contributed by atoms with Crippen LogP contribution in [0.15, 0.2) is 35.5 Å². The molecule has 0 spiro atoms. The first kappa shape index (κ1) is 44.2. The number of aromatic amines is 1. The van der Waals surface area contributed by atoms with Gasteiger partial charge in [-0.1, -0.05) is 6.07 Å². The first-order valence-electron chi connectivity index (χ1n) is 22.9. The van der Waals surface area contributed by atoms with E-state index in [2.05, 4.69) is 48.8 Å². The molecule has 2 amide bonds. The van der Waals surface area contributed by atoms with Crippen LogP contribution >= 0.6 is 0 Å². The molecule has 3 N–H and O–H groups in total. The molecular weight excluding hydrogens is 795 g/mol. The molecule has 17 nitrogen and oxygen atoms in total. The predicted octanol–water partition coefficient (Wildman–Crippen LogP) is 3.52. The van der Waals surface area contributed by atoms with Crippen molar-refractivity contribution < 1.29 is 33.3 Å². The van der Waals surface area contributed by atoms with Crippen molar-refractivity contribution >= 4 is 39.7 Å². The number of H-pyrrole nitrogens is 1. The van der Waals surface area contributed by atoms with Crippen molar-refractivity contribution in [2.75, 3.05) is 104 Å². The molecule has 6 heterocycles. The number of carbonyl (C=O) groups excluding carboxylic acids is 2. The summed E-state index contributed by atoms with van der Waals surface area (Å²) in [6, 6.07) is 7.08. The molecule has 1 aromatic carbocycles. The number of piperidine rings is 1. The molecule has 4 aliphatic rings. The summed E-state index contributed by atoms with van der Waals surface area (Å²) in [6.45, 7) is 8.74. The molecule has 62 heavy (non-hydrogen) atoms. The molecule has 1 unspecified atom stereocenters. The Balaban J connectivity index is 0.624. The molecule has 3 aromatic heterocycles. The van der Waals surface area contributed by atoms with E-state index in [4.69, 9.17) is 23.7 Å². The highest BCUT2D eigenvalue weighted by Crippen LogP contribution is 2.36. The average molecular weight is 860 g/mol. The molecule has 8 rings (SSSR count). The Kier molecular flexibility index (Phi) is 15.6. The maximum absolute atomic E-state index is 13.0. The zero-order valence-corrected chi connectivity index (χ0v) is 36.3. The van der Waals surface area contributed by atoms with E-state index in [1.165, 1.54) is 5.56 Å². The number of aromatic nitrogens is 5. The van der Waals surface area contributed by atoms with E-state index in [0.29, 0.717) is 83.6 Å². The summed E-state index contributed by atoms with van der Waals surface area (Å²) in [5, 5.41) is 7.80. The molecule has 4 fully saturated rings. The lowest BCUT2D eigenvalue weighted by Gasteiger charge is -2.42. The predicted molar refractivity (Wildman–Crippen MR) is 235 cm³/mol. The first-order valence-corrected chi connectivity index (χ1v) is 22.9. The lowest BCUT2D eigenvalue weighted by Crippen LogP contribution is -2.53. The molecule has 3 aliphatic heterocycles. The molecular formula is C45H65N9O8. The summed E-state index contributed by atoms with van der Waals surface area (Å²) in [6.07, 6.45) is 13.1. The van der Waals surface area contributed by atoms with Crippen LogP contribution in [0.2, 0.25) is 0 Å². The second-order valence-corrected chi connectivity index (χ2v) is 17.2. The average Bonchev–Trinajstić information content (AvgIpc) is 3.85. The smallest absolute Gasteiger partial charge is 0.329 e. The lowest BCUT2D eigenvalue weighted by molar-refractivity contribution is -0.139. The van der Waals surface area contributed by atoms with Gasteiger partial charge in [-0.3, -0.25) is 23.6 Å². The van der Waals surface area contributed by atoms with Gasteiger partial charge in [0.1, 0.15) is 24.4 Å². The minimum atomic E-state index is -0.0507. The SMILES string of the molecule is Cn1c(=O)n(C2CCC(=O)NC2)c2ccc(CCCOCCOCCOCCOCC(=O)N3CCN(C4CCC(Nc5ncnc6[nH]cc(C7CCOCC7)c56)CC4)CC3)cc21. The second-order valence-electron chi connectivity index (χ2n) is 17.2. The van der Waals surface area contributed by atoms with E-state index in [-0.39, 0.29) is 30.2 Å². The van der Waals surface area contributed by atoms with Gasteiger partial charge in [0.05, 0.1) is 62.1 Å². The second kappa shape index (κ2) is 21.8. The Bertz CT molecular complexity index is 2120. The fraction of sp³-hybridized carbons (Fsp3) is 0.667. The third kappa shape index (κ3) is 11.0. The van der Waals surface area contributed by atoms with Crippen LogP contribution in [0, 0.1) is 0 Å². The molecule has 0 bridgehead atoms. The van der Waals surface area contributed by atoms with Crippen molar-refractivity contribution in [3.63, 3.8) is 0 Å². The van der Waals surface area contributed by atoms with Gasteiger partial charge in [0.15, 0.2) is 0 Å². The van der Waals surface area contributed by atoms with Crippen molar-refractivity contribution in [1.29, 1.82) is 0 Å². The van der Waals surface area contributed by atoms with Gasteiger partial charge < -0.3 is 44.2 Å². The minimum Gasteiger partial charge on any atom is -0.381 e. The van der Waals surface area contributed by atoms with Gasteiger partial charge in [-0.25, -0.2) is 14.8 Å². The minimum absolute atomic E-state index is 0.0236. The van der Waals surface area contributed by atoms with Gasteiger partial charge >= 0.3 is 5.69 Å². The molecule has 4 aromatic rings. The summed E-state index contributed by atoms with van der Waals surface area (Å²) in [5.74, 6) is 1.50. The Morgan fingerprint density at radius 1 is 0.839 bits per heavy atom. The number of piperazine rings is 1. The van der Waals surface area contributed by atoms with Crippen molar-refractivity contribution in [3.8, 4) is 0 Å². The van der Waals surface area contributed by atoms with Crippen LogP contribution in [-0.2, 0) is 46.7 Å². The maximum atomic E-state index is 13.0. The van der Waals surface area contributed by atoms with Gasteiger partial charge in [0, 0.05) is 84.3 Å². The van der Waals surface area contributed by atoms with Gasteiger partial charge in [-0.15, -0.1) is 0 Å². The van der Waals surface area contributed by atoms with Crippen LogP contribution in [-0.4, -0.2) is 157 Å². The van der Waals surface area contributed by atoms with Crippen molar-refractivity contribution in [1.82, 2.24) is 39.2 Å². The molecule has 1 saturated carbocycles. The number of ether oxygens (including phenoxy) is 5. The number of aryl methyl sites for hydroxylation is 2. The maximum Gasteiger partial charge on any atom is 0.329 e. The fourth-order valence-electron chi connectivity index (χ4n) is 9.69. The summed E-state index contributed by atoms with van der Waals surface area (Å²) >= 11 is 0. The van der Waals surface area contributed by atoms with Crippen LogP contribution in [0.5, 0.6) is 0 Å². The molecule has 338 valence electrons. The van der Waals surface area contributed by atoms with Crippen LogP contribution < -0.4 is 16.3 Å². The third-order valence-corrected chi connectivity index (χ3v) is 13.2. The Labute approximate surface area is 363 Å². The number of carbonyl (C=O) groups is 2. The number of fused-ring (bicyclic) bond motifs is 2. The van der Waals surface area contributed by atoms with Gasteiger partial charge in [0.2, 0.25) is 11.8 Å². The highest BCUT2D eigenvalue weighted by atomic mass is 16.6. The topological polar surface area (TPSA) is 179 Å². The van der Waals surface area contributed by atoms with Crippen LogP contribution in [0.1, 0.15) is 80.9 Å². The standard InChI is InChI=1S/C45H65N9O8/c1-51-39-27-32(4-10-38(39)54(45(51)57)36-9-11-40(55)46-28-36)3-2-18-58-21-22-60-23-24-61-25-26-62-30-41(56)53-16-14-52(15-17-53)35-7-5-34(6-8-35)50-44-42-37(33-12-19-59-20-13-33)29-47-43(42)48-31-49-44/h4,10,27,29,31,33-36H,2-3,5-9,11-26,28,30H2,1H3,(H,46,55)(H2,47,48,49,50). The Morgan fingerprint density at radius 3 is 2.29 bits per heavy atom. The van der Waals surface area contributed by atoms with Crippen molar-refractivity contribution in [3.05, 3.63) is 52.3 Å². The van der Waals surface area contributed by atoms with Crippen LogP contribution in [0.25, 0.3) is 22.1 Å². The van der Waals surface area contributed by atoms with E-state index >= 15 is 0 Å². The number of anilines is 1. The van der Waals surface area contributed by atoms with E-state index in [9.17, 15) is 14.4 Å². The number of amides is 2. The Hall–Kier alpha value is -4.39. The number of rotatable bonds is 20. The van der Waals surface area contributed by atoms with Gasteiger partial charge in [-0.05, 0) is 87.0 Å². The molecule has 1 atom stereocenters. The van der Waals surface area contributed by atoms with E-state index < -0.39 is 0 Å². The molecule has 1 aliphatic carbocycles. The number of nitrogens with zero attached hydrogens (tertiary/aromatic N) is 6. The van der Waals surface area contributed by atoms with Gasteiger partial charge in [-0.2, -0.15) is 0 Å². The van der Waals surface area contributed by atoms with Crippen molar-refractivity contribution in [2.24, 2.45) is 7.05 Å². The first-order chi connectivity index (χ1) is 30.4. The van der Waals surface area contributed by atoms with E-state index in [0.717, 1.165) is 124 Å². The summed E-state index contributed by atoms with van der Waals surface area (Å²) in [7, 11) is 1.80. The zero-order chi connectivity index (χ0) is 42.7. The number of benzene rings is 1. The third-order valence-electron chi connectivity index (χ3n) is 13.2. The van der Waals surface area contributed by atoms with E-state index in [1.807, 2.05) is 15.5 Å². The molecule has 3 saturated heterocycles. The summed E-state index contributed by atoms with van der Waals surface area (Å²) < 4.78 is 31.8. The normalized spacial score (nSPS) is 21.8. The van der Waals surface area contributed by atoms with E-state index in [1.54, 1.807) is 17.9 Å². The largest absolute Gasteiger partial charge is 0.381 e. The fourth-order valence-corrected chi connectivity index (χ4v) is 9.69. The van der Waals surface area contributed by atoms with Crippen LogP contribution in [0.4, 0.5) is 5.82 Å². The highest BCUT2D eigenvalue weighted by molar-refractivity contribution is 5.91. The summed E-state index contributed by atoms with van der Waals surface area (Å²) in [5.41, 5.74) is 5.12. The number of hydrogen-bond donors (Lipinski definition) is 3. The highest BCUT2D eigenvalue weighted by Gasteiger charge is 2.31. The van der Waals surface area contributed by atoms with Crippen LogP contribution in [0.3, 0.4) is 0 Å². The number of hydrogen-bond acceptors (Lipinski definition) is 12. The Morgan fingerprint density at radius 2 is 1.56 bits per heavy atom. The van der Waals surface area contributed by atoms with Crippen molar-refractivity contribution in [2.45, 2.75) is 88.3 Å².